The average Bonchev–Trinajstić information content (AvgIpc) is 2.87. The van der Waals surface area contributed by atoms with Crippen LogP contribution in [0.5, 0.6) is 0 Å². The Kier molecular flexibility index (Phi) is 2.87. The number of benzene rings is 1. The smallest absolute Gasteiger partial charge is 0.177 e. The number of hydrogen-bond donors (Lipinski definition) is 0. The molecule has 2 aromatic heterocycles. The highest BCUT2D eigenvalue weighted by molar-refractivity contribution is 9.10. The van der Waals surface area contributed by atoms with E-state index in [-0.39, 0.29) is 0 Å². The van der Waals surface area contributed by atoms with E-state index in [1.54, 1.807) is 4.68 Å². The number of aromatic nitrogens is 4. The van der Waals surface area contributed by atoms with Crippen LogP contribution in [0, 0.1) is 18.3 Å². The highest BCUT2D eigenvalue weighted by Crippen LogP contribution is 2.32. The number of nitrogens with zero attached hydrogens (tertiary/aromatic N) is 5. The van der Waals surface area contributed by atoms with Gasteiger partial charge in [-0.3, -0.25) is 4.68 Å². The van der Waals surface area contributed by atoms with E-state index in [2.05, 4.69) is 36.6 Å². The molecule has 0 saturated heterocycles. The molecule has 20 heavy (non-hydrogen) atoms. The summed E-state index contributed by atoms with van der Waals surface area (Å²) in [5, 5.41) is 13.2. The largest absolute Gasteiger partial charge is 0.331 e. The zero-order valence-electron chi connectivity index (χ0n) is 11.3. The lowest BCUT2D eigenvalue weighted by Crippen LogP contribution is -1.94. The summed E-state index contributed by atoms with van der Waals surface area (Å²) >= 11 is 3.45. The number of hydrogen-bond acceptors (Lipinski definition) is 3. The minimum Gasteiger partial charge on any atom is -0.331 e. The maximum Gasteiger partial charge on any atom is 0.177 e. The van der Waals surface area contributed by atoms with Crippen LogP contribution in [0.1, 0.15) is 11.5 Å². The fourth-order valence-electron chi connectivity index (χ4n) is 2.35. The molecule has 2 heterocycles. The molecule has 0 aliphatic rings. The first-order valence-electron chi connectivity index (χ1n) is 6.09. The first-order chi connectivity index (χ1) is 9.52. The van der Waals surface area contributed by atoms with Crippen molar-refractivity contribution in [1.29, 1.82) is 5.26 Å². The first-order valence-corrected chi connectivity index (χ1v) is 6.88. The number of fused-ring (bicyclic) bond motifs is 1. The number of nitriles is 1. The molecule has 0 amide bonds. The maximum absolute atomic E-state index is 9.04. The van der Waals surface area contributed by atoms with Gasteiger partial charge in [-0.25, -0.2) is 4.98 Å². The van der Waals surface area contributed by atoms with Gasteiger partial charge in [0.2, 0.25) is 0 Å². The van der Waals surface area contributed by atoms with Crippen molar-refractivity contribution < 1.29 is 0 Å². The van der Waals surface area contributed by atoms with Crippen LogP contribution in [-0.4, -0.2) is 19.3 Å². The summed E-state index contributed by atoms with van der Waals surface area (Å²) in [6.07, 6.45) is 0. The predicted molar refractivity (Wildman–Crippen MR) is 80.1 cm³/mol. The monoisotopic (exact) mass is 329 g/mol. The topological polar surface area (TPSA) is 59.4 Å². The molecular formula is C14H12BrN5. The predicted octanol–water partition coefficient (Wildman–Crippen LogP) is 2.92. The molecular weight excluding hydrogens is 318 g/mol. The normalized spacial score (nSPS) is 10.9. The third-order valence-electron chi connectivity index (χ3n) is 3.47. The summed E-state index contributed by atoms with van der Waals surface area (Å²) in [5.41, 5.74) is 4.28. The van der Waals surface area contributed by atoms with Gasteiger partial charge in [-0.2, -0.15) is 10.4 Å². The van der Waals surface area contributed by atoms with E-state index < -0.39 is 0 Å². The van der Waals surface area contributed by atoms with Crippen LogP contribution in [-0.2, 0) is 14.1 Å². The molecule has 0 aliphatic carbocycles. The fourth-order valence-corrected chi connectivity index (χ4v) is 3.00. The number of halogens is 1. The highest BCUT2D eigenvalue weighted by Gasteiger charge is 2.16. The Morgan fingerprint density at radius 3 is 2.70 bits per heavy atom. The Balaban J connectivity index is 2.26. The Morgan fingerprint density at radius 1 is 1.30 bits per heavy atom. The maximum atomic E-state index is 9.04. The van der Waals surface area contributed by atoms with Gasteiger partial charge < -0.3 is 4.57 Å². The Morgan fingerprint density at radius 2 is 2.05 bits per heavy atom. The highest BCUT2D eigenvalue weighted by atomic mass is 79.9. The van der Waals surface area contributed by atoms with Gasteiger partial charge in [-0.15, -0.1) is 0 Å². The molecule has 0 spiro atoms. The van der Waals surface area contributed by atoms with Gasteiger partial charge in [0.05, 0.1) is 21.2 Å². The second kappa shape index (κ2) is 4.46. The molecule has 0 radical (unpaired) electrons. The summed E-state index contributed by atoms with van der Waals surface area (Å²) < 4.78 is 4.48. The number of rotatable bonds is 1. The Labute approximate surface area is 124 Å². The van der Waals surface area contributed by atoms with Gasteiger partial charge in [-0.1, -0.05) is 6.07 Å². The molecule has 0 N–H and O–H groups in total. The van der Waals surface area contributed by atoms with Crippen molar-refractivity contribution in [2.75, 3.05) is 0 Å². The zero-order chi connectivity index (χ0) is 14.4. The van der Waals surface area contributed by atoms with Gasteiger partial charge in [0.15, 0.2) is 5.69 Å². The summed E-state index contributed by atoms with van der Waals surface area (Å²) in [7, 11) is 3.83. The Hall–Kier alpha value is -2.13. The first kappa shape index (κ1) is 12.9. The van der Waals surface area contributed by atoms with E-state index in [9.17, 15) is 0 Å². The molecule has 0 bridgehead atoms. The van der Waals surface area contributed by atoms with Crippen LogP contribution in [0.4, 0.5) is 0 Å². The molecule has 6 heteroatoms. The molecule has 0 fully saturated rings. The van der Waals surface area contributed by atoms with E-state index in [4.69, 9.17) is 5.26 Å². The molecule has 0 saturated carbocycles. The van der Waals surface area contributed by atoms with Gasteiger partial charge in [0.25, 0.3) is 0 Å². The summed E-state index contributed by atoms with van der Waals surface area (Å²) in [5.74, 6) is 0.971. The molecule has 100 valence electrons. The molecule has 0 unspecified atom stereocenters. The van der Waals surface area contributed by atoms with Crippen LogP contribution in [0.2, 0.25) is 0 Å². The van der Waals surface area contributed by atoms with Crippen LogP contribution >= 0.6 is 15.9 Å². The molecule has 3 aromatic rings. The second-order valence-electron chi connectivity index (χ2n) is 4.67. The molecule has 0 atom stereocenters. The lowest BCUT2D eigenvalue weighted by molar-refractivity contribution is 0.771. The van der Waals surface area contributed by atoms with Gasteiger partial charge in [0.1, 0.15) is 11.9 Å². The van der Waals surface area contributed by atoms with Gasteiger partial charge in [-0.05, 0) is 35.0 Å². The Bertz CT molecular complexity index is 866. The molecule has 1 aromatic carbocycles. The van der Waals surface area contributed by atoms with Crippen LogP contribution in [0.25, 0.3) is 22.3 Å². The lowest BCUT2D eigenvalue weighted by Gasteiger charge is -2.03. The van der Waals surface area contributed by atoms with Crippen molar-refractivity contribution in [2.24, 2.45) is 14.1 Å². The van der Waals surface area contributed by atoms with Crippen LogP contribution in [0.3, 0.4) is 0 Å². The quantitative estimate of drug-likeness (QED) is 0.689. The van der Waals surface area contributed by atoms with Crippen LogP contribution in [0.15, 0.2) is 22.7 Å². The van der Waals surface area contributed by atoms with Crippen molar-refractivity contribution in [3.63, 3.8) is 0 Å². The summed E-state index contributed by atoms with van der Waals surface area (Å²) in [6, 6.07) is 8.16. The molecule has 0 aliphatic heterocycles. The molecule has 5 nitrogen and oxygen atoms in total. The summed E-state index contributed by atoms with van der Waals surface area (Å²) in [6.45, 7) is 1.98. The van der Waals surface area contributed by atoms with Crippen LogP contribution < -0.4 is 0 Å². The van der Waals surface area contributed by atoms with Crippen molar-refractivity contribution in [3.05, 3.63) is 34.2 Å². The third-order valence-corrected chi connectivity index (χ3v) is 4.22. The number of imidazole rings is 1. The lowest BCUT2D eigenvalue weighted by atomic mass is 10.1. The van der Waals surface area contributed by atoms with E-state index in [0.717, 1.165) is 32.6 Å². The van der Waals surface area contributed by atoms with E-state index in [1.165, 1.54) is 0 Å². The van der Waals surface area contributed by atoms with Crippen molar-refractivity contribution in [3.8, 4) is 17.3 Å². The van der Waals surface area contributed by atoms with E-state index in [0.29, 0.717) is 5.69 Å². The molecule has 3 rings (SSSR count). The van der Waals surface area contributed by atoms with Crippen molar-refractivity contribution in [1.82, 2.24) is 19.3 Å². The van der Waals surface area contributed by atoms with Gasteiger partial charge >= 0.3 is 0 Å². The summed E-state index contributed by atoms with van der Waals surface area (Å²) in [4.78, 5) is 4.54. The average molecular weight is 330 g/mol. The minimum atomic E-state index is 0.389. The van der Waals surface area contributed by atoms with Gasteiger partial charge in [0, 0.05) is 19.7 Å². The number of aryl methyl sites for hydroxylation is 3. The standard InChI is InChI=1S/C14H12BrN5/c1-8-17-10-6-9(4-5-12(10)19(8)2)14-13(15)11(7-16)18-20(14)3/h4-6H,1-3H3. The second-order valence-corrected chi connectivity index (χ2v) is 5.46. The van der Waals surface area contributed by atoms with Crippen molar-refractivity contribution in [2.45, 2.75) is 6.92 Å². The van der Waals surface area contributed by atoms with Crippen molar-refractivity contribution >= 4 is 27.0 Å². The van der Waals surface area contributed by atoms with E-state index in [1.807, 2.05) is 39.2 Å². The fraction of sp³-hybridized carbons (Fsp3) is 0.214. The third kappa shape index (κ3) is 1.74. The van der Waals surface area contributed by atoms with E-state index >= 15 is 0 Å². The SMILES string of the molecule is Cc1nc2cc(-c3c(Br)c(C#N)nn3C)ccc2n1C. The minimum absolute atomic E-state index is 0.389. The zero-order valence-corrected chi connectivity index (χ0v) is 12.9.